The Kier molecular flexibility index (Phi) is 5.30. The third-order valence-electron chi connectivity index (χ3n) is 4.03. The van der Waals surface area contributed by atoms with Crippen LogP contribution in [0.4, 0.5) is 4.79 Å². The van der Waals surface area contributed by atoms with Crippen molar-refractivity contribution in [3.63, 3.8) is 0 Å². The molecule has 4 heteroatoms. The minimum atomic E-state index is -0.396. The van der Waals surface area contributed by atoms with E-state index in [2.05, 4.69) is 5.32 Å². The summed E-state index contributed by atoms with van der Waals surface area (Å²) >= 11 is 0. The summed E-state index contributed by atoms with van der Waals surface area (Å²) in [5, 5.41) is 3.51. The molecule has 0 atom stereocenters. The van der Waals surface area contributed by atoms with Crippen LogP contribution in [0.3, 0.4) is 0 Å². The van der Waals surface area contributed by atoms with Gasteiger partial charge in [0.05, 0.1) is 0 Å². The molecule has 1 N–H and O–H groups in total. The van der Waals surface area contributed by atoms with Crippen LogP contribution in [0.25, 0.3) is 0 Å². The van der Waals surface area contributed by atoms with Crippen molar-refractivity contribution >= 4 is 6.09 Å². The average Bonchev–Trinajstić information content (AvgIpc) is 3.06. The fourth-order valence-electron chi connectivity index (χ4n) is 2.51. The Morgan fingerprint density at radius 1 is 1.25 bits per heavy atom. The summed E-state index contributed by atoms with van der Waals surface area (Å²) in [7, 11) is 0. The highest BCUT2D eigenvalue weighted by molar-refractivity contribution is 5.69. The number of rotatable bonds is 7. The molecule has 2 saturated carbocycles. The van der Waals surface area contributed by atoms with Crippen molar-refractivity contribution in [1.29, 1.82) is 0 Å². The summed E-state index contributed by atoms with van der Waals surface area (Å²) < 4.78 is 5.49. The fraction of sp³-hybridized carbons (Fsp3) is 0.938. The van der Waals surface area contributed by atoms with Gasteiger partial charge in [-0.2, -0.15) is 0 Å². The Balaban J connectivity index is 1.62. The number of amides is 1. The van der Waals surface area contributed by atoms with Crippen LogP contribution in [0.15, 0.2) is 0 Å². The number of ether oxygens (including phenoxy) is 1. The van der Waals surface area contributed by atoms with E-state index in [1.165, 1.54) is 19.3 Å². The molecule has 0 aliphatic heterocycles. The van der Waals surface area contributed by atoms with Crippen molar-refractivity contribution in [2.75, 3.05) is 19.6 Å². The van der Waals surface area contributed by atoms with Crippen LogP contribution in [0.2, 0.25) is 0 Å². The zero-order valence-corrected chi connectivity index (χ0v) is 13.3. The molecule has 0 unspecified atom stereocenters. The highest BCUT2D eigenvalue weighted by atomic mass is 16.6. The van der Waals surface area contributed by atoms with E-state index in [1.54, 1.807) is 0 Å². The number of nitrogens with zero attached hydrogens (tertiary/aromatic N) is 1. The molecule has 0 bridgehead atoms. The first-order chi connectivity index (χ1) is 9.46. The van der Waals surface area contributed by atoms with Gasteiger partial charge in [-0.15, -0.1) is 0 Å². The van der Waals surface area contributed by atoms with Gasteiger partial charge in [-0.25, -0.2) is 4.79 Å². The van der Waals surface area contributed by atoms with E-state index >= 15 is 0 Å². The molecule has 116 valence electrons. The monoisotopic (exact) mass is 282 g/mol. The zero-order valence-electron chi connectivity index (χ0n) is 13.3. The zero-order chi connectivity index (χ0) is 14.6. The predicted octanol–water partition coefficient (Wildman–Crippen LogP) is 3.17. The highest BCUT2D eigenvalue weighted by Gasteiger charge is 2.34. The molecule has 0 saturated heterocycles. The minimum Gasteiger partial charge on any atom is -0.444 e. The van der Waals surface area contributed by atoms with Crippen LogP contribution in [-0.2, 0) is 4.74 Å². The molecular weight excluding hydrogens is 252 g/mol. The smallest absolute Gasteiger partial charge is 0.410 e. The minimum absolute atomic E-state index is 0.140. The predicted molar refractivity (Wildman–Crippen MR) is 80.8 cm³/mol. The van der Waals surface area contributed by atoms with Gasteiger partial charge in [-0.05, 0) is 71.9 Å². The van der Waals surface area contributed by atoms with Gasteiger partial charge in [-0.3, -0.25) is 0 Å². The van der Waals surface area contributed by atoms with Gasteiger partial charge < -0.3 is 15.0 Å². The first-order valence-electron chi connectivity index (χ1n) is 8.16. The quantitative estimate of drug-likeness (QED) is 0.729. The van der Waals surface area contributed by atoms with Crippen molar-refractivity contribution in [2.45, 2.75) is 70.9 Å². The van der Waals surface area contributed by atoms with Gasteiger partial charge >= 0.3 is 6.09 Å². The second-order valence-electron chi connectivity index (χ2n) is 7.26. The normalized spacial score (nSPS) is 19.6. The van der Waals surface area contributed by atoms with E-state index in [1.807, 2.05) is 25.7 Å². The number of nitrogens with one attached hydrogen (secondary N) is 1. The summed E-state index contributed by atoms with van der Waals surface area (Å²) in [6.45, 7) is 8.75. The Hall–Kier alpha value is -0.770. The summed E-state index contributed by atoms with van der Waals surface area (Å²) in [5.74, 6) is 0.903. The molecule has 4 nitrogen and oxygen atoms in total. The fourth-order valence-corrected chi connectivity index (χ4v) is 2.51. The van der Waals surface area contributed by atoms with Crippen molar-refractivity contribution in [3.8, 4) is 0 Å². The first-order valence-corrected chi connectivity index (χ1v) is 8.16. The van der Waals surface area contributed by atoms with Crippen LogP contribution in [0, 0.1) is 5.92 Å². The standard InChI is InChI=1S/C16H30N2O2/c1-16(2,3)20-15(19)18(14-8-9-14)11-5-10-17-12-13-6-4-7-13/h13-14,17H,4-12H2,1-3H3. The Labute approximate surface area is 123 Å². The van der Waals surface area contributed by atoms with E-state index in [9.17, 15) is 4.79 Å². The van der Waals surface area contributed by atoms with Gasteiger partial charge in [0.2, 0.25) is 0 Å². The molecule has 2 aliphatic rings. The largest absolute Gasteiger partial charge is 0.444 e. The molecular formula is C16H30N2O2. The van der Waals surface area contributed by atoms with E-state index in [-0.39, 0.29) is 6.09 Å². The van der Waals surface area contributed by atoms with Gasteiger partial charge in [0.1, 0.15) is 5.60 Å². The number of hydrogen-bond acceptors (Lipinski definition) is 3. The maximum atomic E-state index is 12.2. The Bertz CT molecular complexity index is 317. The Morgan fingerprint density at radius 2 is 1.95 bits per heavy atom. The van der Waals surface area contributed by atoms with Crippen molar-refractivity contribution in [3.05, 3.63) is 0 Å². The van der Waals surface area contributed by atoms with Crippen molar-refractivity contribution in [2.24, 2.45) is 5.92 Å². The molecule has 0 heterocycles. The summed E-state index contributed by atoms with van der Waals surface area (Å²) in [6, 6.07) is 0.427. The topological polar surface area (TPSA) is 41.6 Å². The molecule has 0 spiro atoms. The van der Waals surface area contributed by atoms with Crippen LogP contribution >= 0.6 is 0 Å². The lowest BCUT2D eigenvalue weighted by atomic mass is 9.85. The van der Waals surface area contributed by atoms with E-state index in [4.69, 9.17) is 4.74 Å². The number of carbonyl (C=O) groups excluding carboxylic acids is 1. The van der Waals surface area contributed by atoms with E-state index in [0.717, 1.165) is 44.8 Å². The molecule has 0 aromatic rings. The molecule has 2 aliphatic carbocycles. The molecule has 0 radical (unpaired) electrons. The molecule has 1 amide bonds. The SMILES string of the molecule is CC(C)(C)OC(=O)N(CCCNCC1CCC1)C1CC1. The second-order valence-corrected chi connectivity index (χ2v) is 7.26. The van der Waals surface area contributed by atoms with Gasteiger partial charge in [0.25, 0.3) is 0 Å². The van der Waals surface area contributed by atoms with Crippen LogP contribution in [0.1, 0.15) is 59.3 Å². The maximum absolute atomic E-state index is 12.2. The first kappa shape index (κ1) is 15.6. The van der Waals surface area contributed by atoms with Gasteiger partial charge in [0.15, 0.2) is 0 Å². The molecule has 2 fully saturated rings. The van der Waals surface area contributed by atoms with Crippen molar-refractivity contribution < 1.29 is 9.53 Å². The highest BCUT2D eigenvalue weighted by Crippen LogP contribution is 2.28. The maximum Gasteiger partial charge on any atom is 0.410 e. The lowest BCUT2D eigenvalue weighted by molar-refractivity contribution is 0.0232. The third kappa shape index (κ3) is 5.31. The molecule has 0 aromatic carbocycles. The molecule has 20 heavy (non-hydrogen) atoms. The van der Waals surface area contributed by atoms with Gasteiger partial charge in [0, 0.05) is 12.6 Å². The molecule has 0 aromatic heterocycles. The Morgan fingerprint density at radius 3 is 2.45 bits per heavy atom. The van der Waals surface area contributed by atoms with Gasteiger partial charge in [-0.1, -0.05) is 6.42 Å². The summed E-state index contributed by atoms with van der Waals surface area (Å²) in [4.78, 5) is 14.1. The number of carbonyl (C=O) groups is 1. The lowest BCUT2D eigenvalue weighted by Crippen LogP contribution is -2.39. The van der Waals surface area contributed by atoms with Crippen LogP contribution in [-0.4, -0.2) is 42.3 Å². The number of hydrogen-bond donors (Lipinski definition) is 1. The molecule has 2 rings (SSSR count). The second kappa shape index (κ2) is 6.79. The van der Waals surface area contributed by atoms with E-state index < -0.39 is 5.60 Å². The lowest BCUT2D eigenvalue weighted by Gasteiger charge is -2.28. The summed E-state index contributed by atoms with van der Waals surface area (Å²) in [5.41, 5.74) is -0.396. The summed E-state index contributed by atoms with van der Waals surface area (Å²) in [6.07, 6.45) is 7.32. The average molecular weight is 282 g/mol. The van der Waals surface area contributed by atoms with Crippen LogP contribution < -0.4 is 5.32 Å². The third-order valence-corrected chi connectivity index (χ3v) is 4.03. The van der Waals surface area contributed by atoms with Crippen molar-refractivity contribution in [1.82, 2.24) is 10.2 Å². The van der Waals surface area contributed by atoms with Crippen LogP contribution in [0.5, 0.6) is 0 Å². The van der Waals surface area contributed by atoms with E-state index in [0.29, 0.717) is 6.04 Å².